The van der Waals surface area contributed by atoms with E-state index in [1.54, 1.807) is 24.3 Å². The van der Waals surface area contributed by atoms with Crippen LogP contribution in [0.1, 0.15) is 30.5 Å². The van der Waals surface area contributed by atoms with Gasteiger partial charge >= 0.3 is 5.97 Å². The molecule has 0 bridgehead atoms. The number of nitrogens with one attached hydrogen (secondary N) is 1. The quantitative estimate of drug-likeness (QED) is 0.605. The summed E-state index contributed by atoms with van der Waals surface area (Å²) < 4.78 is 5.41. The summed E-state index contributed by atoms with van der Waals surface area (Å²) in [4.78, 5) is 25.3. The standard InChI is InChI=1S/C25H24N2O3/c1-17(2)24(25(29)30-16-19-8-5-7-18(13-19)15-26)27-23(28)14-21-11-6-10-20-9-3-4-12-22(20)21/h3-13,17,24H,14,16H2,1-2H3,(H,27,28)/t24-/m0/s1. The predicted molar refractivity (Wildman–Crippen MR) is 115 cm³/mol. The Bertz CT molecular complexity index is 1090. The highest BCUT2D eigenvalue weighted by Gasteiger charge is 2.26. The van der Waals surface area contributed by atoms with Gasteiger partial charge in [0.1, 0.15) is 12.6 Å². The third kappa shape index (κ3) is 5.24. The van der Waals surface area contributed by atoms with Crippen molar-refractivity contribution in [2.75, 3.05) is 0 Å². The average molecular weight is 400 g/mol. The first-order valence-corrected chi connectivity index (χ1v) is 9.89. The van der Waals surface area contributed by atoms with Crippen LogP contribution >= 0.6 is 0 Å². The number of hydrogen-bond acceptors (Lipinski definition) is 4. The molecular formula is C25H24N2O3. The first-order valence-electron chi connectivity index (χ1n) is 9.89. The van der Waals surface area contributed by atoms with Gasteiger partial charge in [-0.05, 0) is 39.9 Å². The van der Waals surface area contributed by atoms with E-state index in [1.165, 1.54) is 0 Å². The molecule has 1 N–H and O–H groups in total. The highest BCUT2D eigenvalue weighted by Crippen LogP contribution is 2.19. The van der Waals surface area contributed by atoms with Gasteiger partial charge in [-0.1, -0.05) is 68.4 Å². The molecule has 0 aliphatic carbocycles. The molecule has 30 heavy (non-hydrogen) atoms. The molecule has 0 saturated carbocycles. The van der Waals surface area contributed by atoms with Crippen LogP contribution in [0, 0.1) is 17.2 Å². The Labute approximate surface area is 176 Å². The predicted octanol–water partition coefficient (Wildman–Crippen LogP) is 4.14. The smallest absolute Gasteiger partial charge is 0.329 e. The van der Waals surface area contributed by atoms with Gasteiger partial charge in [0, 0.05) is 0 Å². The number of rotatable bonds is 7. The van der Waals surface area contributed by atoms with E-state index in [-0.39, 0.29) is 24.9 Å². The van der Waals surface area contributed by atoms with Crippen LogP contribution < -0.4 is 5.32 Å². The van der Waals surface area contributed by atoms with Gasteiger partial charge in [-0.25, -0.2) is 4.79 Å². The maximum Gasteiger partial charge on any atom is 0.329 e. The molecule has 0 aliphatic heterocycles. The summed E-state index contributed by atoms with van der Waals surface area (Å²) in [7, 11) is 0. The Hall–Kier alpha value is -3.65. The van der Waals surface area contributed by atoms with Crippen LogP contribution in [0.15, 0.2) is 66.7 Å². The Morgan fingerprint density at radius 3 is 2.53 bits per heavy atom. The number of nitrogens with zero attached hydrogens (tertiary/aromatic N) is 1. The van der Waals surface area contributed by atoms with E-state index in [4.69, 9.17) is 10.00 Å². The number of esters is 1. The molecule has 152 valence electrons. The van der Waals surface area contributed by atoms with E-state index in [2.05, 4.69) is 11.4 Å². The number of carbonyl (C=O) groups is 2. The van der Waals surface area contributed by atoms with Crippen molar-refractivity contribution in [2.45, 2.75) is 32.9 Å². The number of ether oxygens (including phenoxy) is 1. The third-order valence-corrected chi connectivity index (χ3v) is 4.91. The second-order valence-electron chi connectivity index (χ2n) is 7.52. The highest BCUT2D eigenvalue weighted by atomic mass is 16.5. The van der Waals surface area contributed by atoms with E-state index >= 15 is 0 Å². The number of nitriles is 1. The SMILES string of the molecule is CC(C)[C@H](NC(=O)Cc1cccc2ccccc12)C(=O)OCc1cccc(C#N)c1. The van der Waals surface area contributed by atoms with Crippen molar-refractivity contribution in [3.8, 4) is 6.07 Å². The highest BCUT2D eigenvalue weighted by molar-refractivity contribution is 5.91. The molecule has 0 aliphatic rings. The monoisotopic (exact) mass is 400 g/mol. The number of benzene rings is 3. The molecule has 3 rings (SSSR count). The lowest BCUT2D eigenvalue weighted by atomic mass is 10.0. The van der Waals surface area contributed by atoms with Gasteiger partial charge in [0.2, 0.25) is 5.91 Å². The summed E-state index contributed by atoms with van der Waals surface area (Å²) in [6.45, 7) is 3.78. The van der Waals surface area contributed by atoms with Gasteiger partial charge in [0.05, 0.1) is 18.1 Å². The Balaban J connectivity index is 1.64. The van der Waals surface area contributed by atoms with Crippen LogP contribution in [-0.4, -0.2) is 17.9 Å². The van der Waals surface area contributed by atoms with Crippen molar-refractivity contribution in [1.29, 1.82) is 5.26 Å². The Kier molecular flexibility index (Phi) is 6.82. The van der Waals surface area contributed by atoms with Crippen molar-refractivity contribution in [2.24, 2.45) is 5.92 Å². The zero-order valence-corrected chi connectivity index (χ0v) is 17.1. The molecule has 3 aromatic rings. The summed E-state index contributed by atoms with van der Waals surface area (Å²) in [6.07, 6.45) is 0.183. The van der Waals surface area contributed by atoms with Crippen LogP contribution in [0.4, 0.5) is 0 Å². The first kappa shape index (κ1) is 21.1. The fourth-order valence-corrected chi connectivity index (χ4v) is 3.32. The van der Waals surface area contributed by atoms with E-state index in [0.717, 1.165) is 21.9 Å². The summed E-state index contributed by atoms with van der Waals surface area (Å²) in [5, 5.41) is 13.9. The fraction of sp³-hybridized carbons (Fsp3) is 0.240. The van der Waals surface area contributed by atoms with Crippen LogP contribution in [0.5, 0.6) is 0 Å². The van der Waals surface area contributed by atoms with Gasteiger partial charge in [-0.3, -0.25) is 4.79 Å². The molecule has 5 heteroatoms. The molecule has 0 heterocycles. The van der Waals surface area contributed by atoms with E-state index in [1.807, 2.05) is 56.3 Å². The lowest BCUT2D eigenvalue weighted by Crippen LogP contribution is -2.45. The average Bonchev–Trinajstić information content (AvgIpc) is 2.76. The van der Waals surface area contributed by atoms with Gasteiger partial charge < -0.3 is 10.1 Å². The van der Waals surface area contributed by atoms with Gasteiger partial charge in [-0.2, -0.15) is 5.26 Å². The minimum Gasteiger partial charge on any atom is -0.459 e. The molecule has 0 saturated heterocycles. The Morgan fingerprint density at radius 2 is 1.77 bits per heavy atom. The summed E-state index contributed by atoms with van der Waals surface area (Å²) in [5.41, 5.74) is 2.15. The van der Waals surface area contributed by atoms with Crippen LogP contribution in [-0.2, 0) is 27.4 Å². The van der Waals surface area contributed by atoms with Crippen LogP contribution in [0.3, 0.4) is 0 Å². The number of amides is 1. The molecule has 1 amide bonds. The molecule has 0 fully saturated rings. The molecular weight excluding hydrogens is 376 g/mol. The second kappa shape index (κ2) is 9.71. The fourth-order valence-electron chi connectivity index (χ4n) is 3.32. The van der Waals surface area contributed by atoms with E-state index in [9.17, 15) is 9.59 Å². The molecule has 5 nitrogen and oxygen atoms in total. The maximum atomic E-state index is 12.7. The molecule has 0 spiro atoms. The maximum absolute atomic E-state index is 12.7. The molecule has 0 unspecified atom stereocenters. The lowest BCUT2D eigenvalue weighted by Gasteiger charge is -2.21. The minimum absolute atomic E-state index is 0.0523. The summed E-state index contributed by atoms with van der Waals surface area (Å²) >= 11 is 0. The first-order chi connectivity index (χ1) is 14.5. The number of fused-ring (bicyclic) bond motifs is 1. The second-order valence-corrected chi connectivity index (χ2v) is 7.52. The van der Waals surface area contributed by atoms with Crippen LogP contribution in [0.2, 0.25) is 0 Å². The topological polar surface area (TPSA) is 79.2 Å². The van der Waals surface area contributed by atoms with Gasteiger partial charge in [0.25, 0.3) is 0 Å². The summed E-state index contributed by atoms with van der Waals surface area (Å²) in [6, 6.07) is 22.0. The zero-order valence-electron chi connectivity index (χ0n) is 17.1. The van der Waals surface area contributed by atoms with Crippen LogP contribution in [0.25, 0.3) is 10.8 Å². The molecule has 0 radical (unpaired) electrons. The van der Waals surface area contributed by atoms with Gasteiger partial charge in [0.15, 0.2) is 0 Å². The number of carbonyl (C=O) groups excluding carboxylic acids is 2. The molecule has 1 atom stereocenters. The minimum atomic E-state index is -0.744. The van der Waals surface area contributed by atoms with E-state index < -0.39 is 12.0 Å². The van der Waals surface area contributed by atoms with Crippen molar-refractivity contribution in [3.05, 3.63) is 83.4 Å². The third-order valence-electron chi connectivity index (χ3n) is 4.91. The normalized spacial score (nSPS) is 11.7. The van der Waals surface area contributed by atoms with E-state index in [0.29, 0.717) is 5.56 Å². The lowest BCUT2D eigenvalue weighted by molar-refractivity contribution is -0.150. The van der Waals surface area contributed by atoms with Gasteiger partial charge in [-0.15, -0.1) is 0 Å². The Morgan fingerprint density at radius 1 is 1.03 bits per heavy atom. The zero-order chi connectivity index (χ0) is 21.5. The molecule has 3 aromatic carbocycles. The van der Waals surface area contributed by atoms with Crippen molar-refractivity contribution in [1.82, 2.24) is 5.32 Å². The number of hydrogen-bond donors (Lipinski definition) is 1. The largest absolute Gasteiger partial charge is 0.459 e. The summed E-state index contributed by atoms with van der Waals surface area (Å²) in [5.74, 6) is -0.841. The van der Waals surface area contributed by atoms with Crippen molar-refractivity contribution < 1.29 is 14.3 Å². The molecule has 0 aromatic heterocycles. The van der Waals surface area contributed by atoms with Crippen molar-refractivity contribution >= 4 is 22.6 Å². The van der Waals surface area contributed by atoms with Crippen molar-refractivity contribution in [3.63, 3.8) is 0 Å².